The SMILES string of the molecule is C=C1OB(c2ccnc(NC[C@H]3NC[C@@H]3C)c2)OC1(C)C. The van der Waals surface area contributed by atoms with Crippen LogP contribution < -0.4 is 16.1 Å². The zero-order chi connectivity index (χ0) is 15.0. The van der Waals surface area contributed by atoms with Crippen LogP contribution >= 0.6 is 0 Å². The van der Waals surface area contributed by atoms with E-state index in [9.17, 15) is 0 Å². The van der Waals surface area contributed by atoms with Crippen LogP contribution in [0.25, 0.3) is 0 Å². The second kappa shape index (κ2) is 5.35. The van der Waals surface area contributed by atoms with Gasteiger partial charge in [0.05, 0.1) is 5.76 Å². The predicted octanol–water partition coefficient (Wildman–Crippen LogP) is 1.14. The molecule has 2 aliphatic rings. The van der Waals surface area contributed by atoms with E-state index in [1.165, 1.54) is 0 Å². The maximum atomic E-state index is 5.89. The van der Waals surface area contributed by atoms with E-state index in [4.69, 9.17) is 9.31 Å². The Bertz CT molecular complexity index is 549. The molecule has 5 nitrogen and oxygen atoms in total. The van der Waals surface area contributed by atoms with Gasteiger partial charge >= 0.3 is 7.12 Å². The molecular formula is C15H22BN3O2. The van der Waals surface area contributed by atoms with E-state index in [0.717, 1.165) is 24.4 Å². The van der Waals surface area contributed by atoms with Gasteiger partial charge < -0.3 is 19.9 Å². The van der Waals surface area contributed by atoms with Crippen LogP contribution in [0.3, 0.4) is 0 Å². The number of rotatable bonds is 4. The van der Waals surface area contributed by atoms with Gasteiger partial charge in [-0.3, -0.25) is 0 Å². The number of nitrogens with zero attached hydrogens (tertiary/aromatic N) is 1. The standard InChI is InChI=1S/C15H22BN3O2/c1-10-8-18-13(10)9-19-14-7-12(5-6-17-14)16-20-11(2)15(3,4)21-16/h5-7,10,13,18H,2,8-9H2,1,3-4H3,(H,17,19)/t10-,13+/m0/s1. The lowest BCUT2D eigenvalue weighted by Crippen LogP contribution is -2.54. The Morgan fingerprint density at radius 1 is 1.57 bits per heavy atom. The summed E-state index contributed by atoms with van der Waals surface area (Å²) in [6, 6.07) is 4.41. The zero-order valence-electron chi connectivity index (χ0n) is 12.8. The summed E-state index contributed by atoms with van der Waals surface area (Å²) >= 11 is 0. The molecular weight excluding hydrogens is 265 g/mol. The molecule has 2 fully saturated rings. The van der Waals surface area contributed by atoms with Crippen LogP contribution in [0.5, 0.6) is 0 Å². The highest BCUT2D eigenvalue weighted by atomic mass is 16.7. The molecule has 2 aliphatic heterocycles. The summed E-state index contributed by atoms with van der Waals surface area (Å²) < 4.78 is 11.6. The monoisotopic (exact) mass is 287 g/mol. The van der Waals surface area contributed by atoms with E-state index in [1.807, 2.05) is 26.0 Å². The minimum absolute atomic E-state index is 0.406. The summed E-state index contributed by atoms with van der Waals surface area (Å²) in [4.78, 5) is 4.35. The Labute approximate surface area is 126 Å². The topological polar surface area (TPSA) is 55.4 Å². The van der Waals surface area contributed by atoms with Crippen LogP contribution in [-0.2, 0) is 9.31 Å². The van der Waals surface area contributed by atoms with Gasteiger partial charge in [0.25, 0.3) is 0 Å². The Kier molecular flexibility index (Phi) is 3.67. The van der Waals surface area contributed by atoms with Crippen molar-refractivity contribution in [3.8, 4) is 0 Å². The second-order valence-electron chi connectivity index (χ2n) is 6.35. The Morgan fingerprint density at radius 2 is 2.38 bits per heavy atom. The average molecular weight is 287 g/mol. The number of nitrogens with one attached hydrogen (secondary N) is 2. The number of aromatic nitrogens is 1. The first-order valence-corrected chi connectivity index (χ1v) is 7.43. The lowest BCUT2D eigenvalue weighted by molar-refractivity contribution is 0.173. The predicted molar refractivity (Wildman–Crippen MR) is 84.5 cm³/mol. The summed E-state index contributed by atoms with van der Waals surface area (Å²) in [5, 5.41) is 6.77. The van der Waals surface area contributed by atoms with E-state index in [1.54, 1.807) is 6.20 Å². The molecule has 0 spiro atoms. The maximum Gasteiger partial charge on any atom is 0.563 e. The summed E-state index contributed by atoms with van der Waals surface area (Å²) in [5.41, 5.74) is 0.501. The molecule has 2 saturated heterocycles. The number of anilines is 1. The Morgan fingerprint density at radius 3 is 2.95 bits per heavy atom. The smallest absolute Gasteiger partial charge is 0.534 e. The normalized spacial score (nSPS) is 27.2. The lowest BCUT2D eigenvalue weighted by atomic mass is 9.80. The van der Waals surface area contributed by atoms with Crippen LogP contribution in [-0.4, -0.2) is 36.8 Å². The van der Waals surface area contributed by atoms with Gasteiger partial charge in [-0.05, 0) is 38.4 Å². The highest BCUT2D eigenvalue weighted by Crippen LogP contribution is 2.29. The third kappa shape index (κ3) is 2.92. The molecule has 3 rings (SSSR count). The Balaban J connectivity index is 1.65. The third-order valence-corrected chi connectivity index (χ3v) is 4.27. The van der Waals surface area contributed by atoms with E-state index in [0.29, 0.717) is 17.7 Å². The molecule has 3 heterocycles. The van der Waals surface area contributed by atoms with Crippen molar-refractivity contribution in [2.75, 3.05) is 18.4 Å². The first-order chi connectivity index (χ1) is 9.95. The van der Waals surface area contributed by atoms with Crippen molar-refractivity contribution in [3.05, 3.63) is 30.7 Å². The largest absolute Gasteiger partial charge is 0.563 e. The van der Waals surface area contributed by atoms with Crippen molar-refractivity contribution in [1.82, 2.24) is 10.3 Å². The summed E-state index contributed by atoms with van der Waals surface area (Å²) in [5.74, 6) is 2.22. The molecule has 1 aromatic rings. The minimum atomic E-state index is -0.452. The molecule has 0 unspecified atom stereocenters. The van der Waals surface area contributed by atoms with Crippen molar-refractivity contribution < 1.29 is 9.31 Å². The highest BCUT2D eigenvalue weighted by Gasteiger charge is 2.42. The van der Waals surface area contributed by atoms with Crippen molar-refractivity contribution in [1.29, 1.82) is 0 Å². The van der Waals surface area contributed by atoms with Gasteiger partial charge in [0.2, 0.25) is 0 Å². The van der Waals surface area contributed by atoms with Gasteiger partial charge in [-0.1, -0.05) is 13.5 Å². The fourth-order valence-corrected chi connectivity index (χ4v) is 2.46. The number of pyridine rings is 1. The van der Waals surface area contributed by atoms with Gasteiger partial charge in [-0.25, -0.2) is 4.98 Å². The summed E-state index contributed by atoms with van der Waals surface area (Å²) in [6.07, 6.45) is 1.77. The Hall–Kier alpha value is -1.53. The molecule has 0 bridgehead atoms. The van der Waals surface area contributed by atoms with Gasteiger partial charge in [0.15, 0.2) is 0 Å². The van der Waals surface area contributed by atoms with Crippen LogP contribution in [0.1, 0.15) is 20.8 Å². The van der Waals surface area contributed by atoms with Crippen molar-refractivity contribution >= 4 is 18.4 Å². The molecule has 112 valence electrons. The summed E-state index contributed by atoms with van der Waals surface area (Å²) in [7, 11) is -0.406. The third-order valence-electron chi connectivity index (χ3n) is 4.27. The van der Waals surface area contributed by atoms with Crippen LogP contribution in [0.2, 0.25) is 0 Å². The van der Waals surface area contributed by atoms with E-state index >= 15 is 0 Å². The molecule has 0 aromatic carbocycles. The first kappa shape index (κ1) is 14.4. The zero-order valence-corrected chi connectivity index (χ0v) is 12.8. The average Bonchev–Trinajstić information content (AvgIpc) is 2.72. The molecule has 1 aromatic heterocycles. The van der Waals surface area contributed by atoms with Crippen molar-refractivity contribution in [2.45, 2.75) is 32.4 Å². The lowest BCUT2D eigenvalue weighted by Gasteiger charge is -2.35. The summed E-state index contributed by atoms with van der Waals surface area (Å²) in [6.45, 7) is 12.0. The molecule has 0 radical (unpaired) electrons. The van der Waals surface area contributed by atoms with Gasteiger partial charge in [-0.15, -0.1) is 0 Å². The van der Waals surface area contributed by atoms with Crippen LogP contribution in [0.4, 0.5) is 5.82 Å². The van der Waals surface area contributed by atoms with E-state index in [-0.39, 0.29) is 0 Å². The van der Waals surface area contributed by atoms with E-state index in [2.05, 4.69) is 29.1 Å². The fraction of sp³-hybridized carbons (Fsp3) is 0.533. The minimum Gasteiger partial charge on any atom is -0.534 e. The van der Waals surface area contributed by atoms with Gasteiger partial charge in [0, 0.05) is 24.2 Å². The highest BCUT2D eigenvalue weighted by molar-refractivity contribution is 6.62. The molecule has 0 aliphatic carbocycles. The van der Waals surface area contributed by atoms with Gasteiger partial charge in [0.1, 0.15) is 11.4 Å². The maximum absolute atomic E-state index is 5.89. The van der Waals surface area contributed by atoms with Crippen LogP contribution in [0, 0.1) is 5.92 Å². The second-order valence-corrected chi connectivity index (χ2v) is 6.35. The van der Waals surface area contributed by atoms with Crippen molar-refractivity contribution in [2.24, 2.45) is 5.92 Å². The molecule has 2 atom stereocenters. The quantitative estimate of drug-likeness (QED) is 0.813. The number of hydrogen-bond acceptors (Lipinski definition) is 5. The van der Waals surface area contributed by atoms with Crippen LogP contribution in [0.15, 0.2) is 30.7 Å². The number of hydrogen-bond donors (Lipinski definition) is 2. The van der Waals surface area contributed by atoms with E-state index < -0.39 is 12.7 Å². The molecule has 6 heteroatoms. The molecule has 2 N–H and O–H groups in total. The molecule has 21 heavy (non-hydrogen) atoms. The molecule has 0 saturated carbocycles. The van der Waals surface area contributed by atoms with Gasteiger partial charge in [-0.2, -0.15) is 0 Å². The molecule has 0 amide bonds. The van der Waals surface area contributed by atoms with Crippen molar-refractivity contribution in [3.63, 3.8) is 0 Å². The fourth-order valence-electron chi connectivity index (χ4n) is 2.46. The first-order valence-electron chi connectivity index (χ1n) is 7.43.